The van der Waals surface area contributed by atoms with E-state index < -0.39 is 0 Å². The lowest BCUT2D eigenvalue weighted by Crippen LogP contribution is -2.29. The molecule has 1 aliphatic carbocycles. The first-order chi connectivity index (χ1) is 4.33. The number of rotatable bonds is 2. The molecule has 52 valence electrons. The van der Waals surface area contributed by atoms with E-state index in [1.54, 1.807) is 0 Å². The van der Waals surface area contributed by atoms with Crippen molar-refractivity contribution in [1.29, 1.82) is 0 Å². The quantitative estimate of drug-likeness (QED) is 0.449. The SMILES string of the molecule is C=CC1(ON)CCCC1. The molecule has 0 aromatic carbocycles. The molecular weight excluding hydrogens is 114 g/mol. The van der Waals surface area contributed by atoms with Gasteiger partial charge >= 0.3 is 0 Å². The molecular formula is C7H13NO. The van der Waals surface area contributed by atoms with Crippen molar-refractivity contribution in [3.63, 3.8) is 0 Å². The lowest BCUT2D eigenvalue weighted by atomic mass is 10.0. The highest BCUT2D eigenvalue weighted by atomic mass is 16.6. The fourth-order valence-corrected chi connectivity index (χ4v) is 1.34. The van der Waals surface area contributed by atoms with E-state index in [2.05, 4.69) is 6.58 Å². The largest absolute Gasteiger partial charge is 0.294 e. The van der Waals surface area contributed by atoms with Crippen LogP contribution in [0.5, 0.6) is 0 Å². The Bertz CT molecular complexity index is 105. The summed E-state index contributed by atoms with van der Waals surface area (Å²) in [6.07, 6.45) is 6.31. The zero-order chi connectivity index (χ0) is 6.74. The Labute approximate surface area is 55.6 Å². The lowest BCUT2D eigenvalue weighted by Gasteiger charge is -2.20. The predicted molar refractivity (Wildman–Crippen MR) is 36.7 cm³/mol. The molecule has 0 amide bonds. The summed E-state index contributed by atoms with van der Waals surface area (Å²) in [7, 11) is 0. The summed E-state index contributed by atoms with van der Waals surface area (Å²) in [5.74, 6) is 5.11. The third-order valence-electron chi connectivity index (χ3n) is 2.06. The molecule has 0 aromatic heterocycles. The number of hydrogen-bond donors (Lipinski definition) is 1. The molecule has 0 atom stereocenters. The van der Waals surface area contributed by atoms with Gasteiger partial charge in [-0.15, -0.1) is 6.58 Å². The van der Waals surface area contributed by atoms with Crippen molar-refractivity contribution < 1.29 is 4.84 Å². The van der Waals surface area contributed by atoms with Gasteiger partial charge in [-0.3, -0.25) is 4.84 Å². The summed E-state index contributed by atoms with van der Waals surface area (Å²) in [4.78, 5) is 4.83. The van der Waals surface area contributed by atoms with Gasteiger partial charge in [-0.25, -0.2) is 5.90 Å². The van der Waals surface area contributed by atoms with Gasteiger partial charge in [-0.1, -0.05) is 18.9 Å². The maximum Gasteiger partial charge on any atom is 0.107 e. The summed E-state index contributed by atoms with van der Waals surface area (Å²) in [6.45, 7) is 3.68. The zero-order valence-electron chi connectivity index (χ0n) is 5.60. The van der Waals surface area contributed by atoms with E-state index in [0.29, 0.717) is 0 Å². The van der Waals surface area contributed by atoms with Crippen LogP contribution in [0, 0.1) is 0 Å². The van der Waals surface area contributed by atoms with Gasteiger partial charge in [0.15, 0.2) is 0 Å². The monoisotopic (exact) mass is 127 g/mol. The lowest BCUT2D eigenvalue weighted by molar-refractivity contribution is -0.00432. The smallest absolute Gasteiger partial charge is 0.107 e. The van der Waals surface area contributed by atoms with Gasteiger partial charge in [-0.05, 0) is 12.8 Å². The third kappa shape index (κ3) is 1.14. The first-order valence-electron chi connectivity index (χ1n) is 3.34. The highest BCUT2D eigenvalue weighted by Gasteiger charge is 2.30. The van der Waals surface area contributed by atoms with E-state index in [4.69, 9.17) is 10.7 Å². The number of hydrogen-bond acceptors (Lipinski definition) is 2. The van der Waals surface area contributed by atoms with Crippen molar-refractivity contribution in [1.82, 2.24) is 0 Å². The Morgan fingerprint density at radius 3 is 2.22 bits per heavy atom. The van der Waals surface area contributed by atoms with Crippen molar-refractivity contribution in [3.05, 3.63) is 12.7 Å². The molecule has 0 radical (unpaired) electrons. The molecule has 0 spiro atoms. The molecule has 0 saturated heterocycles. The normalized spacial score (nSPS) is 24.1. The van der Waals surface area contributed by atoms with Crippen molar-refractivity contribution in [2.45, 2.75) is 31.3 Å². The van der Waals surface area contributed by atoms with Crippen LogP contribution in [-0.2, 0) is 4.84 Å². The van der Waals surface area contributed by atoms with Crippen LogP contribution >= 0.6 is 0 Å². The van der Waals surface area contributed by atoms with Gasteiger partial charge in [0.2, 0.25) is 0 Å². The molecule has 2 N–H and O–H groups in total. The van der Waals surface area contributed by atoms with Crippen LogP contribution in [0.3, 0.4) is 0 Å². The molecule has 9 heavy (non-hydrogen) atoms. The third-order valence-corrected chi connectivity index (χ3v) is 2.06. The average Bonchev–Trinajstić information content (AvgIpc) is 2.36. The Kier molecular flexibility index (Phi) is 1.88. The highest BCUT2D eigenvalue weighted by Crippen LogP contribution is 2.32. The van der Waals surface area contributed by atoms with Crippen LogP contribution in [0.15, 0.2) is 12.7 Å². The molecule has 0 unspecified atom stereocenters. The van der Waals surface area contributed by atoms with Gasteiger partial charge in [0, 0.05) is 0 Å². The first-order valence-corrected chi connectivity index (χ1v) is 3.34. The van der Waals surface area contributed by atoms with Gasteiger partial charge in [0.05, 0.1) is 0 Å². The second kappa shape index (κ2) is 2.50. The number of nitrogens with two attached hydrogens (primary N) is 1. The van der Waals surface area contributed by atoms with E-state index in [9.17, 15) is 0 Å². The Morgan fingerprint density at radius 2 is 2.00 bits per heavy atom. The summed E-state index contributed by atoms with van der Waals surface area (Å²) in [5.41, 5.74) is -0.181. The van der Waals surface area contributed by atoms with Crippen LogP contribution in [-0.4, -0.2) is 5.60 Å². The van der Waals surface area contributed by atoms with Crippen LogP contribution in [0.2, 0.25) is 0 Å². The fraction of sp³-hybridized carbons (Fsp3) is 0.714. The van der Waals surface area contributed by atoms with Gasteiger partial charge in [-0.2, -0.15) is 0 Å². The maximum atomic E-state index is 5.11. The molecule has 2 nitrogen and oxygen atoms in total. The summed E-state index contributed by atoms with van der Waals surface area (Å²) in [5, 5.41) is 0. The minimum atomic E-state index is -0.181. The molecule has 1 fully saturated rings. The standard InChI is InChI=1S/C7H13NO/c1-2-7(9-8)5-3-4-6-7/h2H,1,3-6,8H2. The van der Waals surface area contributed by atoms with Crippen molar-refractivity contribution in [2.75, 3.05) is 0 Å². The minimum absolute atomic E-state index is 0.181. The van der Waals surface area contributed by atoms with E-state index in [0.717, 1.165) is 12.8 Å². The van der Waals surface area contributed by atoms with Crippen LogP contribution in [0.1, 0.15) is 25.7 Å². The molecule has 1 saturated carbocycles. The van der Waals surface area contributed by atoms with E-state index in [1.165, 1.54) is 12.8 Å². The van der Waals surface area contributed by atoms with Gasteiger partial charge < -0.3 is 0 Å². The topological polar surface area (TPSA) is 35.2 Å². The molecule has 0 bridgehead atoms. The van der Waals surface area contributed by atoms with E-state index >= 15 is 0 Å². The van der Waals surface area contributed by atoms with E-state index in [-0.39, 0.29) is 5.60 Å². The Hall–Kier alpha value is -0.340. The molecule has 1 rings (SSSR count). The summed E-state index contributed by atoms with van der Waals surface area (Å²) < 4.78 is 0. The second-order valence-corrected chi connectivity index (χ2v) is 2.59. The second-order valence-electron chi connectivity index (χ2n) is 2.59. The predicted octanol–water partition coefficient (Wildman–Crippen LogP) is 1.38. The molecule has 0 aromatic rings. The molecule has 2 heteroatoms. The Balaban J connectivity index is 2.55. The zero-order valence-corrected chi connectivity index (χ0v) is 5.60. The van der Waals surface area contributed by atoms with Gasteiger partial charge in [0.1, 0.15) is 5.60 Å². The summed E-state index contributed by atoms with van der Waals surface area (Å²) in [6, 6.07) is 0. The van der Waals surface area contributed by atoms with Crippen molar-refractivity contribution in [2.24, 2.45) is 5.90 Å². The molecule has 0 aliphatic heterocycles. The molecule has 0 heterocycles. The van der Waals surface area contributed by atoms with Crippen LogP contribution < -0.4 is 5.90 Å². The fourth-order valence-electron chi connectivity index (χ4n) is 1.34. The van der Waals surface area contributed by atoms with Crippen molar-refractivity contribution in [3.8, 4) is 0 Å². The van der Waals surface area contributed by atoms with Gasteiger partial charge in [0.25, 0.3) is 0 Å². The first kappa shape index (κ1) is 6.78. The van der Waals surface area contributed by atoms with E-state index in [1.807, 2.05) is 6.08 Å². The van der Waals surface area contributed by atoms with Crippen LogP contribution in [0.25, 0.3) is 0 Å². The minimum Gasteiger partial charge on any atom is -0.294 e. The Morgan fingerprint density at radius 1 is 1.44 bits per heavy atom. The van der Waals surface area contributed by atoms with Crippen LogP contribution in [0.4, 0.5) is 0 Å². The highest BCUT2D eigenvalue weighted by molar-refractivity contribution is 5.00. The average molecular weight is 127 g/mol. The summed E-state index contributed by atoms with van der Waals surface area (Å²) >= 11 is 0. The molecule has 1 aliphatic rings. The maximum absolute atomic E-state index is 5.11. The van der Waals surface area contributed by atoms with Crippen molar-refractivity contribution >= 4 is 0 Å².